The number of nitrogens with zero attached hydrogens (tertiary/aromatic N) is 2. The van der Waals surface area contributed by atoms with Crippen LogP contribution in [0, 0.1) is 0 Å². The molecule has 160 valence electrons. The summed E-state index contributed by atoms with van der Waals surface area (Å²) >= 11 is 0. The molecule has 2 aromatic carbocycles. The third-order valence-corrected chi connectivity index (χ3v) is 6.16. The van der Waals surface area contributed by atoms with E-state index >= 15 is 0 Å². The molecule has 1 amide bonds. The SMILES string of the molecule is COc1ccc(N2CCN(C(=O)C(C)NS(=O)(=O)/C=C/c3ccccc3)CC2)cc1. The summed E-state index contributed by atoms with van der Waals surface area (Å²) in [5, 5.41) is 1.09. The molecule has 0 spiro atoms. The molecular weight excluding hydrogens is 402 g/mol. The normalized spacial score (nSPS) is 15.9. The predicted octanol–water partition coefficient (Wildman–Crippen LogP) is 2.32. The van der Waals surface area contributed by atoms with E-state index < -0.39 is 16.1 Å². The summed E-state index contributed by atoms with van der Waals surface area (Å²) in [6.45, 7) is 4.02. The van der Waals surface area contributed by atoms with Gasteiger partial charge in [-0.15, -0.1) is 0 Å². The number of ether oxygens (including phenoxy) is 1. The molecule has 2 aromatic rings. The first kappa shape index (κ1) is 21.9. The summed E-state index contributed by atoms with van der Waals surface area (Å²) in [4.78, 5) is 16.6. The zero-order valence-corrected chi connectivity index (χ0v) is 18.0. The molecule has 1 atom stereocenters. The molecule has 8 heteroatoms. The van der Waals surface area contributed by atoms with E-state index in [9.17, 15) is 13.2 Å². The highest BCUT2D eigenvalue weighted by molar-refractivity contribution is 7.92. The second-order valence-electron chi connectivity index (χ2n) is 7.11. The van der Waals surface area contributed by atoms with Crippen molar-refractivity contribution in [3.8, 4) is 5.75 Å². The van der Waals surface area contributed by atoms with Gasteiger partial charge < -0.3 is 14.5 Å². The van der Waals surface area contributed by atoms with Crippen LogP contribution in [-0.4, -0.2) is 58.6 Å². The second kappa shape index (κ2) is 9.77. The molecule has 0 bridgehead atoms. The Bertz CT molecular complexity index is 967. The van der Waals surface area contributed by atoms with E-state index in [1.54, 1.807) is 18.9 Å². The minimum absolute atomic E-state index is 0.221. The Morgan fingerprint density at radius 2 is 1.67 bits per heavy atom. The average Bonchev–Trinajstić information content (AvgIpc) is 2.78. The van der Waals surface area contributed by atoms with E-state index in [-0.39, 0.29) is 5.91 Å². The monoisotopic (exact) mass is 429 g/mol. The lowest BCUT2D eigenvalue weighted by Gasteiger charge is -2.37. The minimum atomic E-state index is -3.72. The first-order valence-electron chi connectivity index (χ1n) is 9.81. The first-order chi connectivity index (χ1) is 14.4. The van der Waals surface area contributed by atoms with Gasteiger partial charge in [-0.05, 0) is 42.8 Å². The molecule has 0 radical (unpaired) electrons. The van der Waals surface area contributed by atoms with Gasteiger partial charge in [-0.1, -0.05) is 30.3 Å². The van der Waals surface area contributed by atoms with E-state index in [1.165, 1.54) is 6.08 Å². The topological polar surface area (TPSA) is 79.0 Å². The molecule has 3 rings (SSSR count). The van der Waals surface area contributed by atoms with Gasteiger partial charge in [0.15, 0.2) is 0 Å². The number of hydrogen-bond acceptors (Lipinski definition) is 5. The summed E-state index contributed by atoms with van der Waals surface area (Å²) in [5.41, 5.74) is 1.85. The fourth-order valence-corrected chi connectivity index (χ4v) is 4.33. The molecule has 1 saturated heterocycles. The highest BCUT2D eigenvalue weighted by atomic mass is 32.2. The van der Waals surface area contributed by atoms with Gasteiger partial charge in [0.25, 0.3) is 0 Å². The fourth-order valence-electron chi connectivity index (χ4n) is 3.32. The predicted molar refractivity (Wildman–Crippen MR) is 119 cm³/mol. The van der Waals surface area contributed by atoms with Crippen molar-refractivity contribution < 1.29 is 17.9 Å². The molecule has 1 N–H and O–H groups in total. The summed E-state index contributed by atoms with van der Waals surface area (Å²) in [5.74, 6) is 0.580. The summed E-state index contributed by atoms with van der Waals surface area (Å²) in [7, 11) is -2.09. The van der Waals surface area contributed by atoms with Gasteiger partial charge in [-0.25, -0.2) is 8.42 Å². The van der Waals surface area contributed by atoms with E-state index in [4.69, 9.17) is 4.74 Å². The maximum Gasteiger partial charge on any atom is 0.240 e. The van der Waals surface area contributed by atoms with Crippen LogP contribution in [-0.2, 0) is 14.8 Å². The highest BCUT2D eigenvalue weighted by Gasteiger charge is 2.27. The van der Waals surface area contributed by atoms with Crippen LogP contribution in [0.15, 0.2) is 60.0 Å². The highest BCUT2D eigenvalue weighted by Crippen LogP contribution is 2.20. The lowest BCUT2D eigenvalue weighted by molar-refractivity contribution is -0.132. The van der Waals surface area contributed by atoms with Gasteiger partial charge in [-0.2, -0.15) is 4.72 Å². The zero-order valence-electron chi connectivity index (χ0n) is 17.2. The molecule has 0 aromatic heterocycles. The molecule has 1 aliphatic heterocycles. The van der Waals surface area contributed by atoms with E-state index in [0.29, 0.717) is 26.2 Å². The van der Waals surface area contributed by atoms with Gasteiger partial charge in [-0.3, -0.25) is 4.79 Å². The standard InChI is InChI=1S/C22H27N3O4S/c1-18(23-30(27,28)17-12-19-6-4-3-5-7-19)22(26)25-15-13-24(14-16-25)20-8-10-21(29-2)11-9-20/h3-12,17-18,23H,13-16H2,1-2H3/b17-12+. The third kappa shape index (κ3) is 5.84. The Morgan fingerprint density at radius 3 is 2.27 bits per heavy atom. The summed E-state index contributed by atoms with van der Waals surface area (Å²) in [6.07, 6.45) is 1.51. The number of carbonyl (C=O) groups excluding carboxylic acids is 1. The average molecular weight is 430 g/mol. The molecule has 0 saturated carbocycles. The number of carbonyl (C=O) groups is 1. The Kier molecular flexibility index (Phi) is 7.12. The van der Waals surface area contributed by atoms with Gasteiger partial charge in [0.2, 0.25) is 15.9 Å². The number of piperazine rings is 1. The molecule has 7 nitrogen and oxygen atoms in total. The van der Waals surface area contributed by atoms with Crippen molar-refractivity contribution in [1.82, 2.24) is 9.62 Å². The number of rotatable bonds is 7. The molecule has 1 unspecified atom stereocenters. The van der Waals surface area contributed by atoms with Gasteiger partial charge >= 0.3 is 0 Å². The van der Waals surface area contributed by atoms with Crippen LogP contribution in [0.2, 0.25) is 0 Å². The van der Waals surface area contributed by atoms with Crippen LogP contribution in [0.1, 0.15) is 12.5 Å². The van der Waals surface area contributed by atoms with Crippen LogP contribution in [0.5, 0.6) is 5.75 Å². The van der Waals surface area contributed by atoms with Crippen molar-refractivity contribution in [1.29, 1.82) is 0 Å². The van der Waals surface area contributed by atoms with Gasteiger partial charge in [0.05, 0.1) is 13.2 Å². The smallest absolute Gasteiger partial charge is 0.240 e. The second-order valence-corrected chi connectivity index (χ2v) is 8.71. The third-order valence-electron chi connectivity index (χ3n) is 4.98. The number of benzene rings is 2. The number of methoxy groups -OCH3 is 1. The van der Waals surface area contributed by atoms with Crippen LogP contribution >= 0.6 is 0 Å². The van der Waals surface area contributed by atoms with Crippen LogP contribution in [0.4, 0.5) is 5.69 Å². The number of anilines is 1. The number of amides is 1. The Morgan fingerprint density at radius 1 is 1.03 bits per heavy atom. The molecule has 30 heavy (non-hydrogen) atoms. The van der Waals surface area contributed by atoms with E-state index in [0.717, 1.165) is 22.4 Å². The van der Waals surface area contributed by atoms with Crippen molar-refractivity contribution in [2.45, 2.75) is 13.0 Å². The lowest BCUT2D eigenvalue weighted by atomic mass is 10.2. The van der Waals surface area contributed by atoms with Crippen molar-refractivity contribution in [2.24, 2.45) is 0 Å². The lowest BCUT2D eigenvalue weighted by Crippen LogP contribution is -2.54. The largest absolute Gasteiger partial charge is 0.497 e. The molecule has 1 fully saturated rings. The molecule has 1 aliphatic rings. The van der Waals surface area contributed by atoms with Crippen LogP contribution in [0.3, 0.4) is 0 Å². The van der Waals surface area contributed by atoms with Crippen molar-refractivity contribution in [3.05, 3.63) is 65.6 Å². The quantitative estimate of drug-likeness (QED) is 0.731. The van der Waals surface area contributed by atoms with Crippen LogP contribution < -0.4 is 14.4 Å². The Labute approximate surface area is 178 Å². The number of nitrogens with one attached hydrogen (secondary N) is 1. The van der Waals surface area contributed by atoms with Crippen molar-refractivity contribution >= 4 is 27.7 Å². The maximum atomic E-state index is 12.7. The van der Waals surface area contributed by atoms with Crippen molar-refractivity contribution in [2.75, 3.05) is 38.2 Å². The fraction of sp³-hybridized carbons (Fsp3) is 0.318. The van der Waals surface area contributed by atoms with Crippen LogP contribution in [0.25, 0.3) is 6.08 Å². The molecule has 1 heterocycles. The van der Waals surface area contributed by atoms with Gasteiger partial charge in [0, 0.05) is 37.3 Å². The Balaban J connectivity index is 1.53. The number of hydrogen-bond donors (Lipinski definition) is 1. The Hall–Kier alpha value is -2.84. The number of sulfonamides is 1. The maximum absolute atomic E-state index is 12.7. The van der Waals surface area contributed by atoms with Gasteiger partial charge in [0.1, 0.15) is 5.75 Å². The molecular formula is C22H27N3O4S. The van der Waals surface area contributed by atoms with Crippen molar-refractivity contribution in [3.63, 3.8) is 0 Å². The summed E-state index contributed by atoms with van der Waals surface area (Å²) < 4.78 is 32.2. The minimum Gasteiger partial charge on any atom is -0.497 e. The van der Waals surface area contributed by atoms with E-state index in [1.807, 2.05) is 54.6 Å². The summed E-state index contributed by atoms with van der Waals surface area (Å²) in [6, 6.07) is 16.1. The van der Waals surface area contributed by atoms with E-state index in [2.05, 4.69) is 9.62 Å². The first-order valence-corrected chi connectivity index (χ1v) is 11.4. The zero-order chi connectivity index (χ0) is 21.6. The molecule has 0 aliphatic carbocycles.